The Morgan fingerprint density at radius 2 is 1.92 bits per heavy atom. The van der Waals surface area contributed by atoms with Crippen molar-refractivity contribution < 1.29 is 4.79 Å². The van der Waals surface area contributed by atoms with Crippen LogP contribution in [0.3, 0.4) is 0 Å². The molecule has 26 heavy (non-hydrogen) atoms. The van der Waals surface area contributed by atoms with E-state index in [9.17, 15) is 4.79 Å². The molecule has 1 fully saturated rings. The molecule has 1 heterocycles. The number of urea groups is 1. The quantitative estimate of drug-likeness (QED) is 0.748. The molecule has 0 radical (unpaired) electrons. The molecule has 2 atom stereocenters. The lowest BCUT2D eigenvalue weighted by Crippen LogP contribution is -2.47. The number of carbonyl (C=O) groups is 1. The summed E-state index contributed by atoms with van der Waals surface area (Å²) in [5.74, 6) is 0.645. The monoisotopic (exact) mass is 371 g/mol. The van der Waals surface area contributed by atoms with Crippen LogP contribution in [0.15, 0.2) is 47.8 Å². The molecule has 140 valence electrons. The van der Waals surface area contributed by atoms with Gasteiger partial charge in [-0.3, -0.25) is 0 Å². The second kappa shape index (κ2) is 8.69. The van der Waals surface area contributed by atoms with E-state index in [1.54, 1.807) is 11.3 Å². The van der Waals surface area contributed by atoms with E-state index in [4.69, 9.17) is 0 Å². The topological polar surface area (TPSA) is 35.6 Å². The highest BCUT2D eigenvalue weighted by atomic mass is 32.1. The average molecular weight is 372 g/mol. The lowest BCUT2D eigenvalue weighted by atomic mass is 10.1. The summed E-state index contributed by atoms with van der Waals surface area (Å²) in [6.07, 6.45) is 2.46. The third kappa shape index (κ3) is 4.86. The minimum absolute atomic E-state index is 0.0386. The van der Waals surface area contributed by atoms with Crippen molar-refractivity contribution in [3.8, 4) is 0 Å². The molecule has 1 aromatic heterocycles. The lowest BCUT2D eigenvalue weighted by molar-refractivity contribution is 0.163. The van der Waals surface area contributed by atoms with E-state index in [0.717, 1.165) is 0 Å². The fraction of sp³-hybridized carbons (Fsp3) is 0.476. The molecule has 1 aliphatic rings. The van der Waals surface area contributed by atoms with E-state index in [1.165, 1.54) is 23.3 Å². The van der Waals surface area contributed by atoms with Crippen molar-refractivity contribution in [3.05, 3.63) is 58.3 Å². The summed E-state index contributed by atoms with van der Waals surface area (Å²) in [4.78, 5) is 18.5. The highest BCUT2D eigenvalue weighted by Gasteiger charge is 2.34. The van der Waals surface area contributed by atoms with Crippen LogP contribution in [0.5, 0.6) is 0 Å². The molecule has 2 amide bonds. The van der Waals surface area contributed by atoms with Gasteiger partial charge >= 0.3 is 6.03 Å². The molecule has 3 rings (SSSR count). The van der Waals surface area contributed by atoms with E-state index >= 15 is 0 Å². The molecule has 0 bridgehead atoms. The van der Waals surface area contributed by atoms with Crippen LogP contribution in [0.1, 0.15) is 36.2 Å². The van der Waals surface area contributed by atoms with E-state index in [-0.39, 0.29) is 18.1 Å². The number of thiophene rings is 1. The Hall–Kier alpha value is -1.85. The van der Waals surface area contributed by atoms with Crippen molar-refractivity contribution in [1.29, 1.82) is 0 Å². The molecule has 0 aliphatic heterocycles. The van der Waals surface area contributed by atoms with Gasteiger partial charge in [0.2, 0.25) is 0 Å². The van der Waals surface area contributed by atoms with Gasteiger partial charge in [-0.25, -0.2) is 4.79 Å². The Kier molecular flexibility index (Phi) is 6.33. The van der Waals surface area contributed by atoms with Crippen molar-refractivity contribution >= 4 is 17.4 Å². The molecule has 0 unspecified atom stereocenters. The first-order valence-corrected chi connectivity index (χ1v) is 10.2. The van der Waals surface area contributed by atoms with Gasteiger partial charge < -0.3 is 15.1 Å². The molecule has 1 aliphatic carbocycles. The Labute approximate surface area is 160 Å². The maximum atomic E-state index is 13.0. The Morgan fingerprint density at radius 3 is 2.50 bits per heavy atom. The first-order valence-electron chi connectivity index (χ1n) is 9.34. The van der Waals surface area contributed by atoms with E-state index in [2.05, 4.69) is 60.9 Å². The number of rotatable bonds is 8. The standard InChI is InChI=1S/C21H29N3OS/c1-16(18-11-12-18)24(15-17-8-5-4-6-9-17)21(25)22-14-19(23(2)3)20-10-7-13-26-20/h4-10,13,16,18-19H,11-12,14-15H2,1-3H3,(H,22,25)/t16-,19+/m1/s1. The number of hydrogen-bond acceptors (Lipinski definition) is 3. The van der Waals surface area contributed by atoms with E-state index in [1.807, 2.05) is 23.1 Å². The van der Waals surface area contributed by atoms with Crippen molar-refractivity contribution in [2.24, 2.45) is 5.92 Å². The summed E-state index contributed by atoms with van der Waals surface area (Å²) in [6, 6.07) is 15.0. The number of carbonyl (C=O) groups excluding carboxylic acids is 1. The van der Waals surface area contributed by atoms with Gasteiger partial charge in [-0.15, -0.1) is 11.3 Å². The lowest BCUT2D eigenvalue weighted by Gasteiger charge is -2.31. The fourth-order valence-electron chi connectivity index (χ4n) is 3.32. The summed E-state index contributed by atoms with van der Waals surface area (Å²) < 4.78 is 0. The van der Waals surface area contributed by atoms with Crippen LogP contribution in [0, 0.1) is 5.92 Å². The molecule has 1 N–H and O–H groups in total. The van der Waals surface area contributed by atoms with Gasteiger partial charge in [-0.2, -0.15) is 0 Å². The second-order valence-corrected chi connectivity index (χ2v) is 8.35. The largest absolute Gasteiger partial charge is 0.336 e. The maximum Gasteiger partial charge on any atom is 0.318 e. The van der Waals surface area contributed by atoms with Crippen LogP contribution < -0.4 is 5.32 Å². The van der Waals surface area contributed by atoms with E-state index < -0.39 is 0 Å². The van der Waals surface area contributed by atoms with Gasteiger partial charge in [-0.1, -0.05) is 36.4 Å². The Morgan fingerprint density at radius 1 is 1.19 bits per heavy atom. The van der Waals surface area contributed by atoms with Gasteiger partial charge in [0.25, 0.3) is 0 Å². The van der Waals surface area contributed by atoms with Crippen LogP contribution in [0.2, 0.25) is 0 Å². The first-order chi connectivity index (χ1) is 12.6. The molecule has 1 aromatic carbocycles. The minimum atomic E-state index is 0.0386. The summed E-state index contributed by atoms with van der Waals surface area (Å²) in [6.45, 7) is 3.47. The maximum absolute atomic E-state index is 13.0. The van der Waals surface area contributed by atoms with Crippen molar-refractivity contribution in [2.75, 3.05) is 20.6 Å². The normalized spacial score (nSPS) is 16.3. The van der Waals surface area contributed by atoms with Crippen LogP contribution in [0.4, 0.5) is 4.79 Å². The van der Waals surface area contributed by atoms with Crippen molar-refractivity contribution in [3.63, 3.8) is 0 Å². The summed E-state index contributed by atoms with van der Waals surface area (Å²) in [5.41, 5.74) is 1.18. The predicted molar refractivity (Wildman–Crippen MR) is 108 cm³/mol. The van der Waals surface area contributed by atoms with Gasteiger partial charge in [0, 0.05) is 24.0 Å². The average Bonchev–Trinajstić information content (AvgIpc) is 3.36. The van der Waals surface area contributed by atoms with Crippen LogP contribution >= 0.6 is 11.3 Å². The number of benzene rings is 1. The summed E-state index contributed by atoms with van der Waals surface area (Å²) >= 11 is 1.74. The third-order valence-corrected chi connectivity index (χ3v) is 6.17. The van der Waals surface area contributed by atoms with Crippen LogP contribution in [-0.2, 0) is 6.54 Å². The zero-order valence-corrected chi connectivity index (χ0v) is 16.7. The SMILES string of the molecule is C[C@H](C1CC1)N(Cc1ccccc1)C(=O)NC[C@@H](c1cccs1)N(C)C. The summed E-state index contributed by atoms with van der Waals surface area (Å²) in [5, 5.41) is 5.28. The van der Waals surface area contributed by atoms with Crippen molar-refractivity contribution in [2.45, 2.75) is 38.4 Å². The molecule has 1 saturated carbocycles. The molecular formula is C21H29N3OS. The zero-order chi connectivity index (χ0) is 18.5. The highest BCUT2D eigenvalue weighted by molar-refractivity contribution is 7.10. The fourth-order valence-corrected chi connectivity index (χ4v) is 4.24. The van der Waals surface area contributed by atoms with Gasteiger partial charge in [0.05, 0.1) is 6.04 Å². The Bertz CT molecular complexity index is 683. The van der Waals surface area contributed by atoms with Crippen molar-refractivity contribution in [1.82, 2.24) is 15.1 Å². The number of amides is 2. The summed E-state index contributed by atoms with van der Waals surface area (Å²) in [7, 11) is 4.12. The Balaban J connectivity index is 1.66. The molecule has 4 nitrogen and oxygen atoms in total. The van der Waals surface area contributed by atoms with Crippen LogP contribution in [-0.4, -0.2) is 42.5 Å². The number of nitrogens with zero attached hydrogens (tertiary/aromatic N) is 2. The second-order valence-electron chi connectivity index (χ2n) is 7.37. The van der Waals surface area contributed by atoms with Gasteiger partial charge in [0.1, 0.15) is 0 Å². The number of hydrogen-bond donors (Lipinski definition) is 1. The third-order valence-electron chi connectivity index (χ3n) is 5.19. The molecule has 5 heteroatoms. The zero-order valence-electron chi connectivity index (χ0n) is 15.9. The number of likely N-dealkylation sites (N-methyl/N-ethyl adjacent to an activating group) is 1. The van der Waals surface area contributed by atoms with Gasteiger partial charge in [0.15, 0.2) is 0 Å². The molecule has 0 spiro atoms. The molecule has 2 aromatic rings. The van der Waals surface area contributed by atoms with E-state index in [0.29, 0.717) is 19.0 Å². The highest BCUT2D eigenvalue weighted by Crippen LogP contribution is 2.35. The molecule has 0 saturated heterocycles. The first kappa shape index (κ1) is 18.9. The predicted octanol–water partition coefficient (Wildman–Crippen LogP) is 4.36. The van der Waals surface area contributed by atoms with Gasteiger partial charge in [-0.05, 0) is 56.8 Å². The smallest absolute Gasteiger partial charge is 0.318 e. The molecular weight excluding hydrogens is 342 g/mol. The number of nitrogens with one attached hydrogen (secondary N) is 1. The minimum Gasteiger partial charge on any atom is -0.336 e. The van der Waals surface area contributed by atoms with Crippen LogP contribution in [0.25, 0.3) is 0 Å².